The highest BCUT2D eigenvalue weighted by Gasteiger charge is 2.30. The summed E-state index contributed by atoms with van der Waals surface area (Å²) in [5.74, 6) is 1.29. The molecule has 1 aromatic rings. The lowest BCUT2D eigenvalue weighted by molar-refractivity contribution is -0.123. The normalized spacial score (nSPS) is 28.6. The van der Waals surface area contributed by atoms with Gasteiger partial charge in [-0.15, -0.1) is 11.6 Å². The number of rotatable bonds is 3. The van der Waals surface area contributed by atoms with Crippen molar-refractivity contribution in [2.24, 2.45) is 5.92 Å². The van der Waals surface area contributed by atoms with E-state index in [1.54, 1.807) is 0 Å². The van der Waals surface area contributed by atoms with Gasteiger partial charge in [0.1, 0.15) is 5.75 Å². The predicted molar refractivity (Wildman–Crippen MR) is 79.3 cm³/mol. The van der Waals surface area contributed by atoms with Crippen LogP contribution in [0, 0.1) is 5.92 Å². The van der Waals surface area contributed by atoms with Gasteiger partial charge in [0.2, 0.25) is 5.91 Å². The topological polar surface area (TPSA) is 38.3 Å². The number of amides is 1. The van der Waals surface area contributed by atoms with Gasteiger partial charge in [-0.1, -0.05) is 24.6 Å². The van der Waals surface area contributed by atoms with Crippen LogP contribution in [0.5, 0.6) is 5.75 Å². The van der Waals surface area contributed by atoms with E-state index in [1.807, 2.05) is 24.3 Å². The number of fused-ring (bicyclic) bond motifs is 1. The third kappa shape index (κ3) is 2.78. The Morgan fingerprint density at radius 1 is 1.30 bits per heavy atom. The van der Waals surface area contributed by atoms with E-state index in [0.717, 1.165) is 30.6 Å². The van der Waals surface area contributed by atoms with Crippen molar-refractivity contribution < 1.29 is 9.53 Å². The van der Waals surface area contributed by atoms with Crippen LogP contribution in [0.4, 0.5) is 0 Å². The minimum atomic E-state index is -0.0878. The summed E-state index contributed by atoms with van der Waals surface area (Å²) < 4.78 is 5.60. The summed E-state index contributed by atoms with van der Waals surface area (Å²) in [4.78, 5) is 12.4. The number of benzene rings is 1. The number of para-hydroxylation sites is 1. The summed E-state index contributed by atoms with van der Waals surface area (Å²) in [6.45, 7) is 1.31. The van der Waals surface area contributed by atoms with E-state index >= 15 is 0 Å². The Balaban J connectivity index is 1.63. The fraction of sp³-hybridized carbons (Fsp3) is 0.562. The first-order valence-electron chi connectivity index (χ1n) is 7.39. The maximum atomic E-state index is 12.4. The van der Waals surface area contributed by atoms with Crippen LogP contribution >= 0.6 is 11.6 Å². The van der Waals surface area contributed by atoms with Crippen LogP contribution in [0.1, 0.15) is 37.2 Å². The van der Waals surface area contributed by atoms with Crippen molar-refractivity contribution in [1.29, 1.82) is 0 Å². The molecule has 1 aliphatic carbocycles. The molecule has 0 radical (unpaired) electrons. The monoisotopic (exact) mass is 293 g/mol. The van der Waals surface area contributed by atoms with Gasteiger partial charge in [-0.25, -0.2) is 0 Å². The molecule has 20 heavy (non-hydrogen) atoms. The van der Waals surface area contributed by atoms with Gasteiger partial charge >= 0.3 is 0 Å². The van der Waals surface area contributed by atoms with Crippen molar-refractivity contribution in [2.75, 3.05) is 13.2 Å². The summed E-state index contributed by atoms with van der Waals surface area (Å²) in [7, 11) is 0. The summed E-state index contributed by atoms with van der Waals surface area (Å²) in [5.41, 5.74) is 1.00. The Bertz CT molecular complexity index is 491. The van der Waals surface area contributed by atoms with E-state index in [0.29, 0.717) is 19.1 Å². The molecule has 3 atom stereocenters. The number of hydrogen-bond donors (Lipinski definition) is 1. The van der Waals surface area contributed by atoms with Gasteiger partial charge in [-0.05, 0) is 31.2 Å². The zero-order chi connectivity index (χ0) is 13.9. The van der Waals surface area contributed by atoms with E-state index in [2.05, 4.69) is 5.32 Å². The lowest BCUT2D eigenvalue weighted by atomic mass is 9.92. The minimum Gasteiger partial charge on any atom is -0.493 e. The van der Waals surface area contributed by atoms with Crippen molar-refractivity contribution in [3.05, 3.63) is 29.8 Å². The molecule has 1 amide bonds. The molecule has 1 aromatic carbocycles. The van der Waals surface area contributed by atoms with Crippen LogP contribution in [0.25, 0.3) is 0 Å². The maximum absolute atomic E-state index is 12.4. The summed E-state index contributed by atoms with van der Waals surface area (Å²) in [5, 5.41) is 3.31. The van der Waals surface area contributed by atoms with Crippen LogP contribution < -0.4 is 10.1 Å². The maximum Gasteiger partial charge on any atom is 0.227 e. The van der Waals surface area contributed by atoms with Gasteiger partial charge in [0.15, 0.2) is 0 Å². The second kappa shape index (κ2) is 6.04. The van der Waals surface area contributed by atoms with Crippen molar-refractivity contribution in [2.45, 2.75) is 37.0 Å². The van der Waals surface area contributed by atoms with Crippen LogP contribution in [0.2, 0.25) is 0 Å². The SMILES string of the molecule is O=C(NCC1CCCC1Cl)C1CCOc2ccccc21. The second-order valence-electron chi connectivity index (χ2n) is 5.68. The second-order valence-corrected chi connectivity index (χ2v) is 6.24. The minimum absolute atomic E-state index is 0.0878. The Hall–Kier alpha value is -1.22. The molecular formula is C16H20ClNO2. The van der Waals surface area contributed by atoms with Crippen molar-refractivity contribution in [1.82, 2.24) is 5.32 Å². The fourth-order valence-electron chi connectivity index (χ4n) is 3.19. The Kier molecular flexibility index (Phi) is 4.16. The standard InChI is InChI=1S/C16H20ClNO2/c17-14-6-3-4-11(14)10-18-16(19)13-8-9-20-15-7-2-1-5-12(13)15/h1-2,5,7,11,13-14H,3-4,6,8-10H2,(H,18,19). The summed E-state index contributed by atoms with van der Waals surface area (Å²) >= 11 is 6.26. The van der Waals surface area contributed by atoms with E-state index in [9.17, 15) is 4.79 Å². The first-order chi connectivity index (χ1) is 9.75. The zero-order valence-corrected chi connectivity index (χ0v) is 12.2. The molecule has 1 N–H and O–H groups in total. The van der Waals surface area contributed by atoms with E-state index < -0.39 is 0 Å². The highest BCUT2D eigenvalue weighted by atomic mass is 35.5. The average molecular weight is 294 g/mol. The van der Waals surface area contributed by atoms with Gasteiger partial charge in [-0.2, -0.15) is 0 Å². The number of halogens is 1. The van der Waals surface area contributed by atoms with Crippen LogP contribution in [-0.4, -0.2) is 24.4 Å². The Morgan fingerprint density at radius 2 is 2.15 bits per heavy atom. The molecule has 4 heteroatoms. The Labute approximate surface area is 124 Å². The fourth-order valence-corrected chi connectivity index (χ4v) is 3.56. The van der Waals surface area contributed by atoms with Gasteiger partial charge in [0.05, 0.1) is 12.5 Å². The van der Waals surface area contributed by atoms with Crippen molar-refractivity contribution in [3.63, 3.8) is 0 Å². The first-order valence-corrected chi connectivity index (χ1v) is 7.83. The molecule has 1 heterocycles. The quantitative estimate of drug-likeness (QED) is 0.870. The van der Waals surface area contributed by atoms with Gasteiger partial charge in [0, 0.05) is 17.5 Å². The summed E-state index contributed by atoms with van der Waals surface area (Å²) in [6.07, 6.45) is 4.12. The van der Waals surface area contributed by atoms with Gasteiger partial charge in [0.25, 0.3) is 0 Å². The molecule has 0 aromatic heterocycles. The molecule has 0 bridgehead atoms. The number of hydrogen-bond acceptors (Lipinski definition) is 2. The van der Waals surface area contributed by atoms with E-state index in [4.69, 9.17) is 16.3 Å². The van der Waals surface area contributed by atoms with Gasteiger partial charge in [-0.3, -0.25) is 4.79 Å². The number of nitrogens with one attached hydrogen (secondary N) is 1. The smallest absolute Gasteiger partial charge is 0.227 e. The first kappa shape index (κ1) is 13.7. The molecule has 1 fully saturated rings. The largest absolute Gasteiger partial charge is 0.493 e. The molecule has 3 rings (SSSR count). The zero-order valence-electron chi connectivity index (χ0n) is 11.5. The molecule has 2 aliphatic rings. The molecule has 3 nitrogen and oxygen atoms in total. The van der Waals surface area contributed by atoms with E-state index in [1.165, 1.54) is 6.42 Å². The third-order valence-electron chi connectivity index (χ3n) is 4.38. The molecule has 0 saturated heterocycles. The molecule has 1 saturated carbocycles. The average Bonchev–Trinajstić information content (AvgIpc) is 2.89. The molecule has 108 valence electrons. The van der Waals surface area contributed by atoms with Crippen molar-refractivity contribution in [3.8, 4) is 5.75 Å². The van der Waals surface area contributed by atoms with Crippen LogP contribution in [0.3, 0.4) is 0 Å². The third-order valence-corrected chi connectivity index (χ3v) is 4.95. The highest BCUT2D eigenvalue weighted by molar-refractivity contribution is 6.21. The Morgan fingerprint density at radius 3 is 2.95 bits per heavy atom. The van der Waals surface area contributed by atoms with Crippen LogP contribution in [0.15, 0.2) is 24.3 Å². The lowest BCUT2D eigenvalue weighted by Crippen LogP contribution is -2.36. The van der Waals surface area contributed by atoms with Crippen molar-refractivity contribution >= 4 is 17.5 Å². The molecule has 0 spiro atoms. The summed E-state index contributed by atoms with van der Waals surface area (Å²) in [6, 6.07) is 7.81. The number of carbonyl (C=O) groups excluding carboxylic acids is 1. The van der Waals surface area contributed by atoms with E-state index in [-0.39, 0.29) is 17.2 Å². The number of alkyl halides is 1. The molecule has 3 unspecified atom stereocenters. The molecule has 1 aliphatic heterocycles. The van der Waals surface area contributed by atoms with Crippen LogP contribution in [-0.2, 0) is 4.79 Å². The predicted octanol–water partition coefficient (Wildman–Crippen LogP) is 3.08. The number of carbonyl (C=O) groups is 1. The molecular weight excluding hydrogens is 274 g/mol. The lowest BCUT2D eigenvalue weighted by Gasteiger charge is -2.25. The van der Waals surface area contributed by atoms with Gasteiger partial charge < -0.3 is 10.1 Å². The number of ether oxygens (including phenoxy) is 1. The highest BCUT2D eigenvalue weighted by Crippen LogP contribution is 2.34.